The van der Waals surface area contributed by atoms with Crippen molar-refractivity contribution in [1.82, 2.24) is 4.90 Å². The van der Waals surface area contributed by atoms with Crippen LogP contribution in [0.2, 0.25) is 0 Å². The summed E-state index contributed by atoms with van der Waals surface area (Å²) in [4.78, 5) is 2.70. The van der Waals surface area contributed by atoms with E-state index in [-0.39, 0.29) is 11.7 Å². The van der Waals surface area contributed by atoms with Gasteiger partial charge >= 0.3 is 0 Å². The molecule has 2 heterocycles. The Bertz CT molecular complexity index is 906. The smallest absolute Gasteiger partial charge is 0.0787 e. The third kappa shape index (κ3) is 2.62. The second-order valence-electron chi connectivity index (χ2n) is 14.4. The number of fused-ring (bicyclic) bond motifs is 6. The zero-order valence-electron chi connectivity index (χ0n) is 21.9. The number of hydrogen-bond donors (Lipinski definition) is 1. The van der Waals surface area contributed by atoms with Crippen molar-refractivity contribution in [2.45, 2.75) is 109 Å². The first-order valence-corrected chi connectivity index (χ1v) is 15.1. The zero-order valence-corrected chi connectivity index (χ0v) is 22.6. The first kappa shape index (κ1) is 23.1. The Morgan fingerprint density at radius 1 is 1.18 bits per heavy atom. The molecule has 1 N–H and O–H groups in total. The molecule has 5 aliphatic carbocycles. The maximum atomic E-state index is 10.4. The Labute approximate surface area is 212 Å². The molecule has 190 valence electrons. The van der Waals surface area contributed by atoms with Crippen molar-refractivity contribution >= 4 is 11.6 Å². The summed E-state index contributed by atoms with van der Waals surface area (Å²) < 4.78 is 7.38. The van der Waals surface area contributed by atoms with Crippen LogP contribution in [0.4, 0.5) is 0 Å². The topological polar surface area (TPSA) is 32.7 Å². The van der Waals surface area contributed by atoms with E-state index in [4.69, 9.17) is 16.3 Å². The molecule has 0 aromatic carbocycles. The van der Waals surface area contributed by atoms with Crippen LogP contribution in [0.3, 0.4) is 0 Å². The fraction of sp³-hybridized carbons (Fsp3) is 0.933. The van der Waals surface area contributed by atoms with E-state index in [0.29, 0.717) is 40.2 Å². The monoisotopic (exact) mass is 487 g/mol. The molecule has 12 atom stereocenters. The number of ether oxygens (including phenoxy) is 1. The van der Waals surface area contributed by atoms with Gasteiger partial charge in [-0.1, -0.05) is 39.3 Å². The number of aliphatic hydroxyl groups excluding tert-OH is 1. The van der Waals surface area contributed by atoms with Gasteiger partial charge in [-0.3, -0.25) is 4.90 Å². The maximum absolute atomic E-state index is 10.4. The van der Waals surface area contributed by atoms with E-state index in [9.17, 15) is 5.11 Å². The minimum absolute atomic E-state index is 0.0564. The molecule has 0 aromatic rings. The number of aliphatic hydroxyl groups is 1. The van der Waals surface area contributed by atoms with E-state index in [1.165, 1.54) is 51.5 Å². The van der Waals surface area contributed by atoms with Crippen LogP contribution < -0.4 is 0 Å². The van der Waals surface area contributed by atoms with Crippen LogP contribution in [-0.2, 0) is 4.74 Å². The number of alkyl halides is 1. The highest BCUT2D eigenvalue weighted by Crippen LogP contribution is 2.87. The van der Waals surface area contributed by atoms with Gasteiger partial charge in [-0.25, -0.2) is 0 Å². The number of allylic oxidation sites excluding steroid dienone is 1. The second-order valence-corrected chi connectivity index (χ2v) is 14.8. The summed E-state index contributed by atoms with van der Waals surface area (Å²) >= 11 is 6.28. The highest BCUT2D eigenvalue weighted by atomic mass is 35.5. The predicted molar refractivity (Wildman–Crippen MR) is 137 cm³/mol. The number of piperidine rings is 1. The lowest BCUT2D eigenvalue weighted by Gasteiger charge is -2.50. The predicted octanol–water partition coefficient (Wildman–Crippen LogP) is 6.03. The maximum Gasteiger partial charge on any atom is 0.0787 e. The summed E-state index contributed by atoms with van der Waals surface area (Å²) in [6, 6.07) is 0.551. The highest BCUT2D eigenvalue weighted by molar-refractivity contribution is 6.18. The second kappa shape index (κ2) is 7.27. The molecule has 4 saturated carbocycles. The minimum atomic E-state index is -0.110. The van der Waals surface area contributed by atoms with Crippen LogP contribution in [0.1, 0.15) is 85.5 Å². The van der Waals surface area contributed by atoms with Crippen molar-refractivity contribution in [3.05, 3.63) is 11.6 Å². The van der Waals surface area contributed by atoms with Crippen LogP contribution in [0.5, 0.6) is 0 Å². The van der Waals surface area contributed by atoms with Gasteiger partial charge < -0.3 is 9.84 Å². The normalized spacial score (nSPS) is 60.1. The zero-order chi connectivity index (χ0) is 23.7. The Morgan fingerprint density at radius 3 is 2.79 bits per heavy atom. The molecule has 7 aliphatic rings. The van der Waals surface area contributed by atoms with Crippen LogP contribution in [0.25, 0.3) is 0 Å². The molecule has 4 heteroatoms. The largest absolute Gasteiger partial charge is 0.393 e. The van der Waals surface area contributed by atoms with E-state index < -0.39 is 0 Å². The Kier molecular flexibility index (Phi) is 4.93. The lowest BCUT2D eigenvalue weighted by Crippen LogP contribution is -2.54. The van der Waals surface area contributed by atoms with Crippen molar-refractivity contribution in [2.24, 2.45) is 45.8 Å². The molecule has 0 radical (unpaired) electrons. The quantitative estimate of drug-likeness (QED) is 0.381. The summed E-state index contributed by atoms with van der Waals surface area (Å²) in [5.41, 5.74) is 2.81. The van der Waals surface area contributed by atoms with E-state index in [1.807, 2.05) is 0 Å². The number of rotatable bonds is 2. The van der Waals surface area contributed by atoms with E-state index >= 15 is 0 Å². The molecule has 2 aliphatic heterocycles. The number of likely N-dealkylation sites (tertiary alicyclic amines) is 1. The summed E-state index contributed by atoms with van der Waals surface area (Å²) in [6.45, 7) is 12.4. The average Bonchev–Trinajstić information content (AvgIpc) is 3.13. The van der Waals surface area contributed by atoms with Gasteiger partial charge in [0.05, 0.1) is 17.8 Å². The molecule has 7 unspecified atom stereocenters. The van der Waals surface area contributed by atoms with Crippen molar-refractivity contribution in [3.8, 4) is 0 Å². The van der Waals surface area contributed by atoms with E-state index in [1.54, 1.807) is 5.57 Å². The molecule has 2 saturated heterocycles. The van der Waals surface area contributed by atoms with Crippen LogP contribution in [-0.4, -0.2) is 52.8 Å². The van der Waals surface area contributed by atoms with Crippen LogP contribution in [0.15, 0.2) is 11.6 Å². The van der Waals surface area contributed by atoms with Gasteiger partial charge in [-0.05, 0) is 92.3 Å². The lowest BCUT2D eigenvalue weighted by atomic mass is 9.56. The summed E-state index contributed by atoms with van der Waals surface area (Å²) in [7, 11) is 0. The van der Waals surface area contributed by atoms with Gasteiger partial charge in [0.1, 0.15) is 0 Å². The fourth-order valence-electron chi connectivity index (χ4n) is 11.8. The average molecular weight is 488 g/mol. The molecule has 0 amide bonds. The molecule has 3 nitrogen and oxygen atoms in total. The highest BCUT2D eigenvalue weighted by Gasteiger charge is 2.84. The summed E-state index contributed by atoms with van der Waals surface area (Å²) in [6.07, 6.45) is 13.9. The molecular formula is C30H46ClNO2. The Balaban J connectivity index is 1.21. The third-order valence-electron chi connectivity index (χ3n) is 13.3. The Morgan fingerprint density at radius 2 is 2.00 bits per heavy atom. The van der Waals surface area contributed by atoms with E-state index in [0.717, 1.165) is 43.0 Å². The van der Waals surface area contributed by atoms with Gasteiger partial charge in [0, 0.05) is 36.3 Å². The van der Waals surface area contributed by atoms with Crippen molar-refractivity contribution in [3.63, 3.8) is 0 Å². The third-order valence-corrected chi connectivity index (χ3v) is 13.5. The SMILES string of the molecule is CC1C[C@H]2OC3(CC[C@H]4C5CC=C6CC(O)CCC6(C)[C@H]5CC45C[C@]53C)[C@H](C)C2N(CCCl)C1. The number of hydrogen-bond acceptors (Lipinski definition) is 3. The van der Waals surface area contributed by atoms with Crippen molar-refractivity contribution in [2.75, 3.05) is 19.0 Å². The van der Waals surface area contributed by atoms with Gasteiger partial charge in [0.15, 0.2) is 0 Å². The molecule has 7 rings (SSSR count). The van der Waals surface area contributed by atoms with Gasteiger partial charge in [-0.15, -0.1) is 11.6 Å². The Hall–Kier alpha value is -0.0900. The lowest BCUT2D eigenvalue weighted by molar-refractivity contribution is -0.148. The van der Waals surface area contributed by atoms with Crippen LogP contribution >= 0.6 is 11.6 Å². The van der Waals surface area contributed by atoms with Crippen molar-refractivity contribution < 1.29 is 9.84 Å². The first-order chi connectivity index (χ1) is 16.2. The van der Waals surface area contributed by atoms with Gasteiger partial charge in [0.2, 0.25) is 0 Å². The number of halogens is 1. The minimum Gasteiger partial charge on any atom is -0.393 e. The van der Waals surface area contributed by atoms with Gasteiger partial charge in [-0.2, -0.15) is 0 Å². The molecule has 6 fully saturated rings. The number of nitrogens with zero attached hydrogens (tertiary/aromatic N) is 1. The molecule has 0 bridgehead atoms. The first-order valence-electron chi connectivity index (χ1n) is 14.5. The van der Waals surface area contributed by atoms with Crippen LogP contribution in [0, 0.1) is 45.8 Å². The molecule has 34 heavy (non-hydrogen) atoms. The molecule has 2 spiro atoms. The molecule has 0 aromatic heterocycles. The van der Waals surface area contributed by atoms with Gasteiger partial charge in [0.25, 0.3) is 0 Å². The summed E-state index contributed by atoms with van der Waals surface area (Å²) in [5, 5.41) is 10.4. The fourth-order valence-corrected chi connectivity index (χ4v) is 12.0. The molecular weight excluding hydrogens is 442 g/mol. The summed E-state index contributed by atoms with van der Waals surface area (Å²) in [5.74, 6) is 4.57. The van der Waals surface area contributed by atoms with E-state index in [2.05, 4.69) is 38.7 Å². The standard InChI is InChI=1S/C30H46ClNO2/c1-18-13-25-26(32(16-18)12-11-31)19(2)30(34-25)10-8-23-22-6-5-20-14-21(33)7-9-27(20,3)24(22)15-29(23)17-28(29,30)4/h5,18-19,21-26,33H,6-17H2,1-4H3/t18?,19-,21?,22?,23+,24+,25-,26?,27?,28-,29?,30?/m1/s1. The van der Waals surface area contributed by atoms with Crippen molar-refractivity contribution in [1.29, 1.82) is 0 Å².